The van der Waals surface area contributed by atoms with E-state index in [1.807, 2.05) is 12.3 Å². The van der Waals surface area contributed by atoms with Gasteiger partial charge in [-0.2, -0.15) is 0 Å². The van der Waals surface area contributed by atoms with Crippen LogP contribution in [0.1, 0.15) is 44.0 Å². The molecule has 5 nitrogen and oxygen atoms in total. The van der Waals surface area contributed by atoms with Crippen LogP contribution in [0.3, 0.4) is 0 Å². The van der Waals surface area contributed by atoms with Crippen LogP contribution in [-0.4, -0.2) is 34.3 Å². The number of hydrogen-bond donors (Lipinski definition) is 1. The first kappa shape index (κ1) is 14.2. The second kappa shape index (κ2) is 6.34. The summed E-state index contributed by atoms with van der Waals surface area (Å²) in [6.45, 7) is 3.84. The Kier molecular flexibility index (Phi) is 4.08. The first-order valence-electron chi connectivity index (χ1n) is 8.54. The minimum Gasteiger partial charge on any atom is -0.381 e. The third-order valence-corrected chi connectivity index (χ3v) is 4.85. The van der Waals surface area contributed by atoms with E-state index >= 15 is 0 Å². The third kappa shape index (κ3) is 2.75. The Morgan fingerprint density at radius 1 is 1.27 bits per heavy atom. The van der Waals surface area contributed by atoms with Crippen molar-refractivity contribution >= 4 is 11.2 Å². The summed E-state index contributed by atoms with van der Waals surface area (Å²) in [7, 11) is 0. The lowest BCUT2D eigenvalue weighted by Gasteiger charge is -2.27. The van der Waals surface area contributed by atoms with Crippen molar-refractivity contribution in [2.24, 2.45) is 5.92 Å². The molecule has 5 heteroatoms. The molecule has 2 atom stereocenters. The maximum Gasteiger partial charge on any atom is 0.160 e. The monoisotopic (exact) mass is 300 g/mol. The van der Waals surface area contributed by atoms with Crippen molar-refractivity contribution in [3.8, 4) is 0 Å². The summed E-state index contributed by atoms with van der Waals surface area (Å²) in [6.07, 6.45) is 8.00. The number of piperidine rings is 1. The van der Waals surface area contributed by atoms with Gasteiger partial charge in [0, 0.05) is 25.3 Å². The van der Waals surface area contributed by atoms with E-state index in [4.69, 9.17) is 9.72 Å². The number of aromatic nitrogens is 3. The molecule has 2 aliphatic rings. The number of ether oxygens (including phenoxy) is 1. The molecule has 0 bridgehead atoms. The van der Waals surface area contributed by atoms with Crippen LogP contribution in [-0.2, 0) is 11.3 Å². The second-order valence-corrected chi connectivity index (χ2v) is 6.51. The Hall–Kier alpha value is -1.46. The van der Waals surface area contributed by atoms with E-state index < -0.39 is 0 Å². The summed E-state index contributed by atoms with van der Waals surface area (Å²) in [5.74, 6) is 1.74. The van der Waals surface area contributed by atoms with Gasteiger partial charge in [-0.05, 0) is 44.4 Å². The highest BCUT2D eigenvalue weighted by molar-refractivity contribution is 5.71. The first-order chi connectivity index (χ1) is 10.9. The topological polar surface area (TPSA) is 52.0 Å². The summed E-state index contributed by atoms with van der Waals surface area (Å²) < 4.78 is 8.00. The van der Waals surface area contributed by atoms with E-state index in [1.165, 1.54) is 37.9 Å². The molecule has 4 rings (SSSR count). The Morgan fingerprint density at radius 2 is 2.27 bits per heavy atom. The van der Waals surface area contributed by atoms with Crippen LogP contribution in [0.15, 0.2) is 18.3 Å². The second-order valence-electron chi connectivity index (χ2n) is 6.51. The van der Waals surface area contributed by atoms with Crippen molar-refractivity contribution < 1.29 is 4.74 Å². The molecule has 0 aliphatic carbocycles. The lowest BCUT2D eigenvalue weighted by Crippen LogP contribution is -2.31. The van der Waals surface area contributed by atoms with E-state index in [1.54, 1.807) is 0 Å². The number of nitrogens with zero attached hydrogens (tertiary/aromatic N) is 3. The minimum atomic E-state index is 0.368. The molecule has 0 radical (unpaired) electrons. The molecule has 4 heterocycles. The third-order valence-electron chi connectivity index (χ3n) is 4.85. The maximum absolute atomic E-state index is 5.66. The fourth-order valence-corrected chi connectivity index (χ4v) is 3.70. The van der Waals surface area contributed by atoms with Gasteiger partial charge < -0.3 is 14.6 Å². The van der Waals surface area contributed by atoms with Crippen LogP contribution >= 0.6 is 0 Å². The molecular weight excluding hydrogens is 276 g/mol. The standard InChI is InChI=1S/C17H24N4O/c1-2-8-18-14(6-1)17-20-15-7-3-9-19-16(15)21(17)11-13-5-4-10-22-12-13/h3,7,9,13-14,18H,1-2,4-6,8,10-12H2. The molecule has 2 aromatic rings. The van der Waals surface area contributed by atoms with Gasteiger partial charge in [0.2, 0.25) is 0 Å². The molecule has 0 spiro atoms. The summed E-state index contributed by atoms with van der Waals surface area (Å²) in [6, 6.07) is 4.41. The lowest BCUT2D eigenvalue weighted by atomic mass is 10.0. The predicted octanol–water partition coefficient (Wildman–Crippen LogP) is 2.67. The quantitative estimate of drug-likeness (QED) is 0.947. The summed E-state index contributed by atoms with van der Waals surface area (Å²) in [5.41, 5.74) is 2.04. The van der Waals surface area contributed by atoms with E-state index in [0.29, 0.717) is 12.0 Å². The number of rotatable bonds is 3. The van der Waals surface area contributed by atoms with Crippen molar-refractivity contribution in [2.75, 3.05) is 19.8 Å². The summed E-state index contributed by atoms with van der Waals surface area (Å²) >= 11 is 0. The van der Waals surface area contributed by atoms with Crippen LogP contribution in [0.25, 0.3) is 11.2 Å². The highest BCUT2D eigenvalue weighted by atomic mass is 16.5. The Bertz CT molecular complexity index is 627. The van der Waals surface area contributed by atoms with Crippen LogP contribution in [0.4, 0.5) is 0 Å². The SMILES string of the molecule is c1cnc2c(c1)nc(C1CCCCN1)n2CC1CCCOC1. The largest absolute Gasteiger partial charge is 0.381 e. The van der Waals surface area contributed by atoms with Gasteiger partial charge in [0.25, 0.3) is 0 Å². The van der Waals surface area contributed by atoms with Gasteiger partial charge >= 0.3 is 0 Å². The smallest absolute Gasteiger partial charge is 0.160 e. The zero-order chi connectivity index (χ0) is 14.8. The molecular formula is C17H24N4O. The molecule has 0 aromatic carbocycles. The number of nitrogens with one attached hydrogen (secondary N) is 1. The Labute approximate surface area is 131 Å². The van der Waals surface area contributed by atoms with E-state index in [9.17, 15) is 0 Å². The van der Waals surface area contributed by atoms with Gasteiger partial charge in [-0.25, -0.2) is 9.97 Å². The fourth-order valence-electron chi connectivity index (χ4n) is 3.70. The van der Waals surface area contributed by atoms with Crippen LogP contribution in [0.2, 0.25) is 0 Å². The van der Waals surface area contributed by atoms with Crippen LogP contribution in [0, 0.1) is 5.92 Å². The Balaban J connectivity index is 1.69. The maximum atomic E-state index is 5.66. The van der Waals surface area contributed by atoms with Crippen molar-refractivity contribution in [2.45, 2.75) is 44.7 Å². The molecule has 2 saturated heterocycles. The molecule has 0 amide bonds. The molecule has 2 aliphatic heterocycles. The van der Waals surface area contributed by atoms with Gasteiger partial charge in [-0.1, -0.05) is 6.42 Å². The van der Waals surface area contributed by atoms with Gasteiger partial charge in [-0.3, -0.25) is 0 Å². The molecule has 2 unspecified atom stereocenters. The van der Waals surface area contributed by atoms with Crippen LogP contribution < -0.4 is 5.32 Å². The molecule has 1 N–H and O–H groups in total. The highest BCUT2D eigenvalue weighted by Crippen LogP contribution is 2.27. The molecule has 22 heavy (non-hydrogen) atoms. The van der Waals surface area contributed by atoms with Gasteiger partial charge in [-0.15, -0.1) is 0 Å². The normalized spacial score (nSPS) is 26.4. The zero-order valence-corrected chi connectivity index (χ0v) is 13.0. The van der Waals surface area contributed by atoms with E-state index in [-0.39, 0.29) is 0 Å². The summed E-state index contributed by atoms with van der Waals surface area (Å²) in [5, 5.41) is 3.63. The average molecular weight is 300 g/mol. The highest BCUT2D eigenvalue weighted by Gasteiger charge is 2.24. The molecule has 2 aromatic heterocycles. The predicted molar refractivity (Wildman–Crippen MR) is 85.7 cm³/mol. The van der Waals surface area contributed by atoms with Crippen LogP contribution in [0.5, 0.6) is 0 Å². The lowest BCUT2D eigenvalue weighted by molar-refractivity contribution is 0.0482. The first-order valence-corrected chi connectivity index (χ1v) is 8.54. The molecule has 2 fully saturated rings. The summed E-state index contributed by atoms with van der Waals surface area (Å²) in [4.78, 5) is 9.49. The van der Waals surface area contributed by atoms with Gasteiger partial charge in [0.05, 0.1) is 12.6 Å². The van der Waals surface area contributed by atoms with Gasteiger partial charge in [0.1, 0.15) is 11.3 Å². The molecule has 118 valence electrons. The van der Waals surface area contributed by atoms with Crippen molar-refractivity contribution in [3.05, 3.63) is 24.2 Å². The van der Waals surface area contributed by atoms with Crippen molar-refractivity contribution in [1.29, 1.82) is 0 Å². The molecule has 0 saturated carbocycles. The Morgan fingerprint density at radius 3 is 3.09 bits per heavy atom. The van der Waals surface area contributed by atoms with Gasteiger partial charge in [0.15, 0.2) is 5.65 Å². The van der Waals surface area contributed by atoms with E-state index in [2.05, 4.69) is 20.9 Å². The fraction of sp³-hybridized carbons (Fsp3) is 0.647. The average Bonchev–Trinajstić information content (AvgIpc) is 2.95. The number of imidazole rings is 1. The van der Waals surface area contributed by atoms with E-state index in [0.717, 1.165) is 37.5 Å². The van der Waals surface area contributed by atoms with Crippen molar-refractivity contribution in [1.82, 2.24) is 19.9 Å². The minimum absolute atomic E-state index is 0.368. The van der Waals surface area contributed by atoms with Crippen molar-refractivity contribution in [3.63, 3.8) is 0 Å². The number of pyridine rings is 1. The zero-order valence-electron chi connectivity index (χ0n) is 13.0. The number of fused-ring (bicyclic) bond motifs is 1. The number of hydrogen-bond acceptors (Lipinski definition) is 4.